The zero-order chi connectivity index (χ0) is 24.9. The molecule has 1 unspecified atom stereocenters. The van der Waals surface area contributed by atoms with Crippen LogP contribution in [0.3, 0.4) is 0 Å². The minimum absolute atomic E-state index is 0.0716. The van der Waals surface area contributed by atoms with Crippen LogP contribution in [0.4, 0.5) is 5.69 Å². The van der Waals surface area contributed by atoms with Gasteiger partial charge in [0, 0.05) is 6.07 Å². The second-order valence-electron chi connectivity index (χ2n) is 8.06. The largest absolute Gasteiger partial charge is 0.497 e. The number of hydrogen-bond acceptors (Lipinski definition) is 5. The van der Waals surface area contributed by atoms with E-state index in [4.69, 9.17) is 9.47 Å². The predicted molar refractivity (Wildman–Crippen MR) is 133 cm³/mol. The summed E-state index contributed by atoms with van der Waals surface area (Å²) in [5, 5.41) is 2.90. The Bertz CT molecular complexity index is 1240. The first-order chi connectivity index (χ1) is 16.1. The lowest BCUT2D eigenvalue weighted by atomic mass is 10.1. The summed E-state index contributed by atoms with van der Waals surface area (Å²) in [6, 6.07) is 18.8. The van der Waals surface area contributed by atoms with Gasteiger partial charge in [-0.1, -0.05) is 47.5 Å². The molecule has 1 N–H and O–H groups in total. The van der Waals surface area contributed by atoms with Crippen molar-refractivity contribution in [2.75, 3.05) is 25.1 Å². The van der Waals surface area contributed by atoms with Crippen molar-refractivity contribution in [2.45, 2.75) is 31.7 Å². The van der Waals surface area contributed by atoms with E-state index in [2.05, 4.69) is 5.32 Å². The predicted octanol–water partition coefficient (Wildman–Crippen LogP) is 4.39. The van der Waals surface area contributed by atoms with Gasteiger partial charge in [0.25, 0.3) is 10.0 Å². The van der Waals surface area contributed by atoms with Crippen LogP contribution >= 0.6 is 0 Å². The van der Waals surface area contributed by atoms with Crippen LogP contribution in [0.25, 0.3) is 0 Å². The van der Waals surface area contributed by atoms with Crippen LogP contribution in [0.15, 0.2) is 71.6 Å². The Kier molecular flexibility index (Phi) is 7.83. The van der Waals surface area contributed by atoms with Crippen molar-refractivity contribution in [3.05, 3.63) is 83.4 Å². The lowest BCUT2D eigenvalue weighted by Crippen LogP contribution is -2.41. The topological polar surface area (TPSA) is 84.9 Å². The highest BCUT2D eigenvalue weighted by molar-refractivity contribution is 7.92. The number of ether oxygens (including phenoxy) is 2. The van der Waals surface area contributed by atoms with Gasteiger partial charge in [-0.15, -0.1) is 0 Å². The lowest BCUT2D eigenvalue weighted by Gasteiger charge is -2.27. The van der Waals surface area contributed by atoms with E-state index in [1.54, 1.807) is 30.3 Å². The molecule has 8 heteroatoms. The number of amides is 1. The van der Waals surface area contributed by atoms with Crippen LogP contribution in [0.5, 0.6) is 11.5 Å². The first-order valence-corrected chi connectivity index (χ1v) is 12.3. The maximum Gasteiger partial charge on any atom is 0.264 e. The van der Waals surface area contributed by atoms with Gasteiger partial charge in [0.2, 0.25) is 5.91 Å². The Hall–Kier alpha value is -3.52. The quantitative estimate of drug-likeness (QED) is 0.489. The van der Waals surface area contributed by atoms with Crippen LogP contribution in [-0.2, 0) is 14.8 Å². The Morgan fingerprint density at radius 1 is 0.912 bits per heavy atom. The summed E-state index contributed by atoms with van der Waals surface area (Å²) in [7, 11) is -1.16. The van der Waals surface area contributed by atoms with Crippen LogP contribution in [0.2, 0.25) is 0 Å². The Morgan fingerprint density at radius 3 is 2.06 bits per heavy atom. The van der Waals surface area contributed by atoms with E-state index < -0.39 is 22.5 Å². The van der Waals surface area contributed by atoms with E-state index in [1.807, 2.05) is 45.0 Å². The molecular formula is C26H30N2O5S. The van der Waals surface area contributed by atoms with Gasteiger partial charge in [-0.05, 0) is 50.6 Å². The van der Waals surface area contributed by atoms with E-state index in [1.165, 1.54) is 26.4 Å². The lowest BCUT2D eigenvalue weighted by molar-refractivity contribution is -0.120. The summed E-state index contributed by atoms with van der Waals surface area (Å²) in [4.78, 5) is 13.1. The molecule has 0 aliphatic heterocycles. The van der Waals surface area contributed by atoms with Gasteiger partial charge in [0.05, 0.1) is 30.8 Å². The smallest absolute Gasteiger partial charge is 0.264 e. The second-order valence-corrected chi connectivity index (χ2v) is 9.92. The molecule has 0 bridgehead atoms. The molecule has 3 aromatic carbocycles. The molecule has 0 saturated heterocycles. The first kappa shape index (κ1) is 25.1. The SMILES string of the molecule is COc1ccc(OC)c(N(CC(=O)NC(C)c2ccc(C)cc2)S(=O)(=O)c2ccc(C)cc2)c1. The number of methoxy groups -OCH3 is 2. The third-order valence-electron chi connectivity index (χ3n) is 5.51. The van der Waals surface area contributed by atoms with Gasteiger partial charge < -0.3 is 14.8 Å². The molecule has 1 amide bonds. The fourth-order valence-corrected chi connectivity index (χ4v) is 4.91. The van der Waals surface area contributed by atoms with Crippen molar-refractivity contribution >= 4 is 21.6 Å². The van der Waals surface area contributed by atoms with E-state index in [0.717, 1.165) is 21.0 Å². The second kappa shape index (κ2) is 10.6. The van der Waals surface area contributed by atoms with Crippen molar-refractivity contribution in [1.82, 2.24) is 5.32 Å². The number of carbonyl (C=O) groups excluding carboxylic acids is 1. The third kappa shape index (κ3) is 5.69. The number of carbonyl (C=O) groups is 1. The molecule has 3 rings (SSSR count). The first-order valence-electron chi connectivity index (χ1n) is 10.8. The average molecular weight is 483 g/mol. The number of nitrogens with zero attached hydrogens (tertiary/aromatic N) is 1. The van der Waals surface area contributed by atoms with Crippen molar-refractivity contribution < 1.29 is 22.7 Å². The van der Waals surface area contributed by atoms with Gasteiger partial charge in [-0.3, -0.25) is 9.10 Å². The van der Waals surface area contributed by atoms with Crippen molar-refractivity contribution in [3.8, 4) is 11.5 Å². The molecule has 0 fully saturated rings. The third-order valence-corrected chi connectivity index (χ3v) is 7.28. The molecule has 7 nitrogen and oxygen atoms in total. The molecule has 0 aromatic heterocycles. The molecule has 3 aromatic rings. The standard InChI is InChI=1S/C26H30N2O5S/c1-18-6-10-21(11-7-18)20(3)27-26(29)17-28(24-16-22(32-4)12-15-25(24)33-5)34(30,31)23-13-8-19(2)9-14-23/h6-16,20H,17H2,1-5H3,(H,27,29). The maximum atomic E-state index is 13.7. The van der Waals surface area contributed by atoms with Crippen LogP contribution < -0.4 is 19.1 Å². The number of aryl methyl sites for hydroxylation is 2. The van der Waals surface area contributed by atoms with Gasteiger partial charge in [-0.25, -0.2) is 8.42 Å². The zero-order valence-corrected chi connectivity index (χ0v) is 20.8. The molecule has 0 aliphatic rings. The highest BCUT2D eigenvalue weighted by Crippen LogP contribution is 2.35. The highest BCUT2D eigenvalue weighted by Gasteiger charge is 2.30. The molecular weight excluding hydrogens is 452 g/mol. The van der Waals surface area contributed by atoms with Crippen molar-refractivity contribution in [1.29, 1.82) is 0 Å². The zero-order valence-electron chi connectivity index (χ0n) is 20.0. The van der Waals surface area contributed by atoms with Crippen LogP contribution in [-0.4, -0.2) is 35.1 Å². The van der Waals surface area contributed by atoms with E-state index >= 15 is 0 Å². The molecule has 180 valence electrons. The van der Waals surface area contributed by atoms with Crippen molar-refractivity contribution in [2.24, 2.45) is 0 Å². The molecule has 0 spiro atoms. The molecule has 34 heavy (non-hydrogen) atoms. The number of sulfonamides is 1. The average Bonchev–Trinajstić information content (AvgIpc) is 2.82. The summed E-state index contributed by atoms with van der Waals surface area (Å²) >= 11 is 0. The Balaban J connectivity index is 1.99. The molecule has 1 atom stereocenters. The minimum Gasteiger partial charge on any atom is -0.497 e. The Labute approximate surface area is 201 Å². The number of hydrogen-bond donors (Lipinski definition) is 1. The number of anilines is 1. The van der Waals surface area contributed by atoms with Gasteiger partial charge in [-0.2, -0.15) is 0 Å². The monoisotopic (exact) mass is 482 g/mol. The van der Waals surface area contributed by atoms with Crippen molar-refractivity contribution in [3.63, 3.8) is 0 Å². The fourth-order valence-electron chi connectivity index (χ4n) is 3.48. The molecule has 0 heterocycles. The minimum atomic E-state index is -4.09. The molecule has 0 aliphatic carbocycles. The van der Waals surface area contributed by atoms with Gasteiger partial charge in [0.1, 0.15) is 18.0 Å². The number of rotatable bonds is 9. The van der Waals surface area contributed by atoms with Crippen LogP contribution in [0, 0.1) is 13.8 Å². The Morgan fingerprint density at radius 2 is 1.50 bits per heavy atom. The summed E-state index contributed by atoms with van der Waals surface area (Å²) in [6.45, 7) is 5.28. The van der Waals surface area contributed by atoms with Gasteiger partial charge in [0.15, 0.2) is 0 Å². The highest BCUT2D eigenvalue weighted by atomic mass is 32.2. The van der Waals surface area contributed by atoms with E-state index in [0.29, 0.717) is 11.5 Å². The summed E-state index contributed by atoms with van der Waals surface area (Å²) in [5.74, 6) is 0.290. The maximum absolute atomic E-state index is 13.7. The molecule has 0 saturated carbocycles. The summed E-state index contributed by atoms with van der Waals surface area (Å²) in [5.41, 5.74) is 3.17. The fraction of sp³-hybridized carbons (Fsp3) is 0.269. The summed E-state index contributed by atoms with van der Waals surface area (Å²) < 4.78 is 39.2. The number of benzene rings is 3. The normalized spacial score (nSPS) is 12.0. The number of nitrogens with one attached hydrogen (secondary N) is 1. The molecule has 0 radical (unpaired) electrons. The van der Waals surface area contributed by atoms with E-state index in [9.17, 15) is 13.2 Å². The van der Waals surface area contributed by atoms with E-state index in [-0.39, 0.29) is 16.6 Å². The summed E-state index contributed by atoms with van der Waals surface area (Å²) in [6.07, 6.45) is 0. The van der Waals surface area contributed by atoms with Gasteiger partial charge >= 0.3 is 0 Å². The van der Waals surface area contributed by atoms with Crippen LogP contribution in [0.1, 0.15) is 29.7 Å².